The van der Waals surface area contributed by atoms with Crippen LogP contribution in [0.5, 0.6) is 0 Å². The molecule has 1 heterocycles. The third-order valence-electron chi connectivity index (χ3n) is 4.67. The zero-order chi connectivity index (χ0) is 18.3. The number of thioether (sulfide) groups is 1. The SMILES string of the molecule is CN=C(NCc1ccc(C)cc1SC)NCC(C)(C)N1CCOCC1. The summed E-state index contributed by atoms with van der Waals surface area (Å²) in [4.78, 5) is 8.16. The normalized spacial score (nSPS) is 16.8. The average Bonchev–Trinajstić information content (AvgIpc) is 2.63. The summed E-state index contributed by atoms with van der Waals surface area (Å²) >= 11 is 1.79. The Morgan fingerprint density at radius 1 is 1.28 bits per heavy atom. The fourth-order valence-corrected chi connectivity index (χ4v) is 3.68. The molecule has 140 valence electrons. The number of nitrogens with one attached hydrogen (secondary N) is 2. The largest absolute Gasteiger partial charge is 0.379 e. The van der Waals surface area contributed by atoms with Gasteiger partial charge < -0.3 is 15.4 Å². The molecule has 0 aliphatic carbocycles. The van der Waals surface area contributed by atoms with E-state index in [1.54, 1.807) is 11.8 Å². The van der Waals surface area contributed by atoms with Crippen LogP contribution >= 0.6 is 11.8 Å². The van der Waals surface area contributed by atoms with Gasteiger partial charge in [-0.15, -0.1) is 11.8 Å². The van der Waals surface area contributed by atoms with Gasteiger partial charge in [-0.2, -0.15) is 0 Å². The molecule has 1 aromatic carbocycles. The van der Waals surface area contributed by atoms with Gasteiger partial charge in [0.1, 0.15) is 0 Å². The molecule has 1 aliphatic heterocycles. The Balaban J connectivity index is 1.88. The van der Waals surface area contributed by atoms with Crippen molar-refractivity contribution >= 4 is 17.7 Å². The minimum Gasteiger partial charge on any atom is -0.379 e. The fraction of sp³-hybridized carbons (Fsp3) is 0.632. The van der Waals surface area contributed by atoms with E-state index >= 15 is 0 Å². The molecule has 6 heteroatoms. The second kappa shape index (κ2) is 9.46. The molecule has 0 aromatic heterocycles. The minimum atomic E-state index is 0.0652. The molecule has 2 rings (SSSR count). The van der Waals surface area contributed by atoms with E-state index in [1.165, 1.54) is 16.0 Å². The molecule has 0 radical (unpaired) electrons. The van der Waals surface area contributed by atoms with Gasteiger partial charge in [0.2, 0.25) is 0 Å². The summed E-state index contributed by atoms with van der Waals surface area (Å²) in [6.07, 6.45) is 2.12. The number of aliphatic imine (C=N–C) groups is 1. The molecular weight excluding hydrogens is 332 g/mol. The number of hydrogen-bond acceptors (Lipinski definition) is 4. The number of hydrogen-bond donors (Lipinski definition) is 2. The summed E-state index contributed by atoms with van der Waals surface area (Å²) in [6.45, 7) is 11.9. The van der Waals surface area contributed by atoms with Crippen molar-refractivity contribution < 1.29 is 4.74 Å². The molecule has 0 saturated carbocycles. The molecular formula is C19H32N4OS. The molecule has 1 fully saturated rings. The van der Waals surface area contributed by atoms with Gasteiger partial charge in [-0.25, -0.2) is 0 Å². The van der Waals surface area contributed by atoms with Gasteiger partial charge in [0.25, 0.3) is 0 Å². The van der Waals surface area contributed by atoms with E-state index in [4.69, 9.17) is 4.74 Å². The van der Waals surface area contributed by atoms with Gasteiger partial charge in [0.05, 0.1) is 13.2 Å². The number of nitrogens with zero attached hydrogens (tertiary/aromatic N) is 2. The minimum absolute atomic E-state index is 0.0652. The van der Waals surface area contributed by atoms with Gasteiger partial charge in [-0.1, -0.05) is 12.1 Å². The van der Waals surface area contributed by atoms with Crippen LogP contribution in [0.15, 0.2) is 28.1 Å². The lowest BCUT2D eigenvalue weighted by molar-refractivity contribution is -0.00834. The molecule has 1 saturated heterocycles. The summed E-state index contributed by atoms with van der Waals surface area (Å²) in [6, 6.07) is 6.59. The Bertz CT molecular complexity index is 583. The molecule has 25 heavy (non-hydrogen) atoms. The van der Waals surface area contributed by atoms with Crippen LogP contribution in [0.25, 0.3) is 0 Å². The van der Waals surface area contributed by atoms with E-state index in [1.807, 2.05) is 7.05 Å². The van der Waals surface area contributed by atoms with Gasteiger partial charge in [0.15, 0.2) is 5.96 Å². The zero-order valence-electron chi connectivity index (χ0n) is 16.2. The highest BCUT2D eigenvalue weighted by Gasteiger charge is 2.28. The van der Waals surface area contributed by atoms with E-state index in [-0.39, 0.29) is 5.54 Å². The Morgan fingerprint density at radius 3 is 2.64 bits per heavy atom. The van der Waals surface area contributed by atoms with Crippen molar-refractivity contribution in [2.24, 2.45) is 4.99 Å². The maximum Gasteiger partial charge on any atom is 0.191 e. The molecule has 5 nitrogen and oxygen atoms in total. The van der Waals surface area contributed by atoms with E-state index in [0.717, 1.165) is 45.4 Å². The number of ether oxygens (including phenoxy) is 1. The van der Waals surface area contributed by atoms with Crippen molar-refractivity contribution in [1.29, 1.82) is 0 Å². The third kappa shape index (κ3) is 5.90. The zero-order valence-corrected chi connectivity index (χ0v) is 17.0. The third-order valence-corrected chi connectivity index (χ3v) is 5.49. The van der Waals surface area contributed by atoms with Crippen molar-refractivity contribution in [2.45, 2.75) is 37.8 Å². The van der Waals surface area contributed by atoms with Gasteiger partial charge in [-0.05, 0) is 44.2 Å². The van der Waals surface area contributed by atoms with Crippen LogP contribution in [0.1, 0.15) is 25.0 Å². The average molecular weight is 365 g/mol. The molecule has 1 aliphatic rings. The molecule has 0 atom stereocenters. The summed E-state index contributed by atoms with van der Waals surface area (Å²) < 4.78 is 5.46. The Kier molecular flexibility index (Phi) is 7.59. The maximum atomic E-state index is 5.46. The van der Waals surface area contributed by atoms with E-state index < -0.39 is 0 Å². The van der Waals surface area contributed by atoms with Crippen LogP contribution < -0.4 is 10.6 Å². The number of morpholine rings is 1. The van der Waals surface area contributed by atoms with E-state index in [0.29, 0.717) is 0 Å². The Hall–Kier alpha value is -1.24. The number of rotatable bonds is 6. The van der Waals surface area contributed by atoms with Crippen molar-refractivity contribution in [3.63, 3.8) is 0 Å². The Morgan fingerprint density at radius 2 is 2.00 bits per heavy atom. The topological polar surface area (TPSA) is 48.9 Å². The predicted molar refractivity (Wildman–Crippen MR) is 108 cm³/mol. The summed E-state index contributed by atoms with van der Waals surface area (Å²) in [5, 5.41) is 6.91. The van der Waals surface area contributed by atoms with Crippen LogP contribution in [-0.4, -0.2) is 62.5 Å². The smallest absolute Gasteiger partial charge is 0.191 e. The van der Waals surface area contributed by atoms with Crippen molar-refractivity contribution in [3.8, 4) is 0 Å². The highest BCUT2D eigenvalue weighted by atomic mass is 32.2. The summed E-state index contributed by atoms with van der Waals surface area (Å²) in [5.41, 5.74) is 2.66. The molecule has 0 bridgehead atoms. The number of aryl methyl sites for hydroxylation is 1. The second-order valence-electron chi connectivity index (χ2n) is 7.01. The predicted octanol–water partition coefficient (Wildman–Crippen LogP) is 2.49. The molecule has 0 unspecified atom stereocenters. The van der Waals surface area contributed by atoms with Crippen LogP contribution in [0.4, 0.5) is 0 Å². The standard InChI is InChI=1S/C19H32N4OS/c1-15-6-7-16(17(12-15)25-5)13-21-18(20-4)22-14-19(2,3)23-8-10-24-11-9-23/h6-7,12H,8-11,13-14H2,1-5H3,(H2,20,21,22). The summed E-state index contributed by atoms with van der Waals surface area (Å²) in [5.74, 6) is 0.842. The molecule has 0 spiro atoms. The second-order valence-corrected chi connectivity index (χ2v) is 7.85. The lowest BCUT2D eigenvalue weighted by atomic mass is 10.0. The monoisotopic (exact) mass is 364 g/mol. The molecule has 1 aromatic rings. The van der Waals surface area contributed by atoms with Gasteiger partial charge in [0, 0.05) is 43.7 Å². The van der Waals surface area contributed by atoms with Crippen molar-refractivity contribution in [3.05, 3.63) is 29.3 Å². The maximum absolute atomic E-state index is 5.46. The highest BCUT2D eigenvalue weighted by molar-refractivity contribution is 7.98. The van der Waals surface area contributed by atoms with Crippen LogP contribution in [0.2, 0.25) is 0 Å². The Labute approximate surface area is 156 Å². The van der Waals surface area contributed by atoms with E-state index in [2.05, 4.69) is 65.8 Å². The van der Waals surface area contributed by atoms with Gasteiger partial charge >= 0.3 is 0 Å². The van der Waals surface area contributed by atoms with Crippen LogP contribution in [0, 0.1) is 6.92 Å². The number of benzene rings is 1. The van der Waals surface area contributed by atoms with Crippen LogP contribution in [0.3, 0.4) is 0 Å². The lowest BCUT2D eigenvalue weighted by Gasteiger charge is -2.41. The van der Waals surface area contributed by atoms with E-state index in [9.17, 15) is 0 Å². The first-order chi connectivity index (χ1) is 12.0. The van der Waals surface area contributed by atoms with Crippen molar-refractivity contribution in [1.82, 2.24) is 15.5 Å². The molecule has 2 N–H and O–H groups in total. The number of guanidine groups is 1. The first-order valence-corrected chi connectivity index (χ1v) is 10.1. The van der Waals surface area contributed by atoms with Gasteiger partial charge in [-0.3, -0.25) is 9.89 Å². The quantitative estimate of drug-likeness (QED) is 0.461. The van der Waals surface area contributed by atoms with Crippen LogP contribution in [-0.2, 0) is 11.3 Å². The fourth-order valence-electron chi connectivity index (χ4n) is 2.98. The first-order valence-electron chi connectivity index (χ1n) is 8.87. The summed E-state index contributed by atoms with van der Waals surface area (Å²) in [7, 11) is 1.82. The van der Waals surface area contributed by atoms with Crippen molar-refractivity contribution in [2.75, 3.05) is 46.2 Å². The highest BCUT2D eigenvalue weighted by Crippen LogP contribution is 2.21. The molecule has 0 amide bonds. The lowest BCUT2D eigenvalue weighted by Crippen LogP contribution is -2.56. The first kappa shape index (κ1) is 20.1.